The number of halogens is 3. The smallest absolute Gasteiger partial charge is 0.435 e. The van der Waals surface area contributed by atoms with Crippen LogP contribution in [0.25, 0.3) is 0 Å². The first-order valence-electron chi connectivity index (χ1n) is 11.0. The fourth-order valence-electron chi connectivity index (χ4n) is 3.37. The van der Waals surface area contributed by atoms with Crippen molar-refractivity contribution in [2.45, 2.75) is 37.7 Å². The number of thioether (sulfide) groups is 1. The number of oxime groups is 1. The van der Waals surface area contributed by atoms with Crippen molar-refractivity contribution in [3.63, 3.8) is 0 Å². The lowest BCUT2D eigenvalue weighted by atomic mass is 10.0. The van der Waals surface area contributed by atoms with Crippen molar-refractivity contribution in [1.82, 2.24) is 15.2 Å². The average Bonchev–Trinajstić information content (AvgIpc) is 3.28. The molecule has 1 aromatic heterocycles. The third-order valence-electron chi connectivity index (χ3n) is 4.91. The molecule has 39 heavy (non-hydrogen) atoms. The number of hydrogen-bond acceptors (Lipinski definition) is 13. The summed E-state index contributed by atoms with van der Waals surface area (Å²) in [5.41, 5.74) is 4.76. The molecule has 0 aromatic carbocycles. The molecule has 1 aromatic rings. The van der Waals surface area contributed by atoms with Gasteiger partial charge in [0.15, 0.2) is 10.8 Å². The largest absolute Gasteiger partial charge is 0.511 e. The first-order valence-corrected chi connectivity index (χ1v) is 12.9. The summed E-state index contributed by atoms with van der Waals surface area (Å²) < 4.78 is 52.9. The Labute approximate surface area is 227 Å². The van der Waals surface area contributed by atoms with Crippen LogP contribution in [0.3, 0.4) is 0 Å². The number of ether oxygens (including phenoxy) is 3. The number of carbonyl (C=O) groups excluding carboxylic acids is 4. The summed E-state index contributed by atoms with van der Waals surface area (Å²) in [6.07, 6.45) is -6.78. The van der Waals surface area contributed by atoms with E-state index in [1.54, 1.807) is 0 Å². The van der Waals surface area contributed by atoms with Crippen LogP contribution in [-0.4, -0.2) is 82.9 Å². The van der Waals surface area contributed by atoms with Crippen LogP contribution < -0.4 is 11.1 Å². The van der Waals surface area contributed by atoms with Crippen molar-refractivity contribution < 1.29 is 51.4 Å². The van der Waals surface area contributed by atoms with Gasteiger partial charge in [-0.05, 0) is 12.5 Å². The number of alkyl halides is 3. The Morgan fingerprint density at radius 3 is 2.67 bits per heavy atom. The summed E-state index contributed by atoms with van der Waals surface area (Å²) in [6, 6.07) is -1.18. The number of nitrogen functional groups attached to an aromatic ring is 1. The van der Waals surface area contributed by atoms with Crippen molar-refractivity contribution in [3.8, 4) is 0 Å². The molecule has 2 aliphatic rings. The molecule has 0 aliphatic carbocycles. The topological polar surface area (TPSA) is 172 Å². The predicted octanol–water partition coefficient (Wildman–Crippen LogP) is 1.91. The first-order chi connectivity index (χ1) is 18.4. The van der Waals surface area contributed by atoms with Gasteiger partial charge in [0.1, 0.15) is 29.9 Å². The number of anilines is 1. The van der Waals surface area contributed by atoms with Gasteiger partial charge in [0.2, 0.25) is 6.29 Å². The number of nitrogens with zero attached hydrogens (tertiary/aromatic N) is 3. The SMILES string of the molecule is CCOC(=O)OC(C)OC(=O)C1=C(C=CC(F)(F)F)CS[C@H]2C(NC(=O)C(=NOC)c3csc(N)n3)C(=O)N12. The predicted molar refractivity (Wildman–Crippen MR) is 131 cm³/mol. The molecule has 1 saturated heterocycles. The minimum absolute atomic E-state index is 0.0159. The molecule has 0 radical (unpaired) electrons. The van der Waals surface area contributed by atoms with Crippen LogP contribution in [0.5, 0.6) is 0 Å². The van der Waals surface area contributed by atoms with Crippen LogP contribution in [0, 0.1) is 0 Å². The number of rotatable bonds is 9. The van der Waals surface area contributed by atoms with E-state index in [2.05, 4.69) is 25.0 Å². The summed E-state index contributed by atoms with van der Waals surface area (Å²) in [5.74, 6) is -3.02. The first kappa shape index (κ1) is 29.8. The van der Waals surface area contributed by atoms with Gasteiger partial charge < -0.3 is 30.1 Å². The lowest BCUT2D eigenvalue weighted by Crippen LogP contribution is -2.71. The number of amides is 2. The molecule has 3 rings (SSSR count). The highest BCUT2D eigenvalue weighted by Gasteiger charge is 2.54. The molecule has 212 valence electrons. The molecule has 2 unspecified atom stereocenters. The van der Waals surface area contributed by atoms with E-state index in [0.717, 1.165) is 28.0 Å². The van der Waals surface area contributed by atoms with Gasteiger partial charge in [0.25, 0.3) is 11.8 Å². The normalized spacial score (nSPS) is 20.2. The molecule has 1 fully saturated rings. The van der Waals surface area contributed by atoms with Crippen LogP contribution in [0.1, 0.15) is 19.5 Å². The average molecular weight is 594 g/mol. The Balaban J connectivity index is 1.83. The van der Waals surface area contributed by atoms with E-state index >= 15 is 0 Å². The fourth-order valence-corrected chi connectivity index (χ4v) is 5.24. The minimum Gasteiger partial charge on any atom is -0.435 e. The summed E-state index contributed by atoms with van der Waals surface area (Å²) >= 11 is 2.05. The Morgan fingerprint density at radius 1 is 1.36 bits per heavy atom. The minimum atomic E-state index is -4.70. The monoisotopic (exact) mass is 593 g/mol. The zero-order valence-electron chi connectivity index (χ0n) is 20.5. The zero-order valence-corrected chi connectivity index (χ0v) is 22.1. The number of nitrogens with two attached hydrogens (primary N) is 1. The van der Waals surface area contributed by atoms with Gasteiger partial charge in [-0.15, -0.1) is 23.1 Å². The van der Waals surface area contributed by atoms with E-state index in [1.165, 1.54) is 26.3 Å². The molecule has 0 saturated carbocycles. The highest BCUT2D eigenvalue weighted by molar-refractivity contribution is 8.00. The molecule has 2 amide bonds. The van der Waals surface area contributed by atoms with Crippen LogP contribution in [0.2, 0.25) is 0 Å². The summed E-state index contributed by atoms with van der Waals surface area (Å²) in [6.45, 7) is 2.68. The number of nitrogens with one attached hydrogen (secondary N) is 1. The van der Waals surface area contributed by atoms with Crippen molar-refractivity contribution in [1.29, 1.82) is 0 Å². The molecule has 3 heterocycles. The maximum atomic E-state index is 13.1. The second-order valence-electron chi connectivity index (χ2n) is 7.58. The van der Waals surface area contributed by atoms with Crippen molar-refractivity contribution in [3.05, 3.63) is 34.5 Å². The highest BCUT2D eigenvalue weighted by atomic mass is 32.2. The third-order valence-corrected chi connectivity index (χ3v) is 6.89. The third kappa shape index (κ3) is 7.20. The number of fused-ring (bicyclic) bond motifs is 1. The van der Waals surface area contributed by atoms with Gasteiger partial charge in [-0.25, -0.2) is 14.6 Å². The maximum absolute atomic E-state index is 13.1. The number of aromatic nitrogens is 1. The van der Waals surface area contributed by atoms with Gasteiger partial charge in [-0.3, -0.25) is 14.5 Å². The van der Waals surface area contributed by atoms with Crippen LogP contribution >= 0.6 is 23.1 Å². The summed E-state index contributed by atoms with van der Waals surface area (Å²) in [7, 11) is 1.20. The Morgan fingerprint density at radius 2 is 2.08 bits per heavy atom. The number of hydrogen-bond donors (Lipinski definition) is 2. The molecule has 2 aliphatic heterocycles. The molecular weight excluding hydrogens is 571 g/mol. The van der Waals surface area contributed by atoms with E-state index in [4.69, 9.17) is 15.2 Å². The summed E-state index contributed by atoms with van der Waals surface area (Å²) in [4.78, 5) is 60.0. The second-order valence-corrected chi connectivity index (χ2v) is 9.57. The number of allylic oxidation sites excluding steroid dienone is 2. The fraction of sp³-hybridized carbons (Fsp3) is 0.429. The van der Waals surface area contributed by atoms with Gasteiger partial charge in [-0.1, -0.05) is 11.2 Å². The Kier molecular flexibility index (Phi) is 9.44. The van der Waals surface area contributed by atoms with Crippen molar-refractivity contribution in [2.75, 3.05) is 25.2 Å². The molecule has 3 atom stereocenters. The second kappa shape index (κ2) is 12.4. The van der Waals surface area contributed by atoms with Crippen LogP contribution in [0.4, 0.5) is 23.1 Å². The summed E-state index contributed by atoms with van der Waals surface area (Å²) in [5, 5.41) is 6.83. The number of β-lactam (4-membered cyclic amide) rings is 1. The Hall–Kier alpha value is -3.80. The number of carbonyl (C=O) groups is 4. The van der Waals surface area contributed by atoms with Gasteiger partial charge in [-0.2, -0.15) is 13.2 Å². The lowest BCUT2D eigenvalue weighted by molar-refractivity contribution is -0.168. The van der Waals surface area contributed by atoms with Gasteiger partial charge in [0, 0.05) is 24.1 Å². The highest BCUT2D eigenvalue weighted by Crippen LogP contribution is 2.41. The van der Waals surface area contributed by atoms with Crippen molar-refractivity contribution >= 4 is 57.9 Å². The molecule has 0 spiro atoms. The van der Waals surface area contributed by atoms with Crippen LogP contribution in [0.15, 0.2) is 34.0 Å². The Bertz CT molecular complexity index is 1230. The standard InChI is InChI=1S/C21H22F3N5O8S2/c1-4-35-20(33)37-9(2)36-18(32)14-10(5-6-21(22,23)24)7-38-17-13(16(31)29(14)17)27-15(30)12(28-34-3)11-8-39-19(25)26-11/h5-6,8-9,13,17H,4,7H2,1-3H3,(H2,25,26)(H,27,30)/t9?,13?,17-/m0/s1. The molecule has 13 nitrogen and oxygen atoms in total. The molecule has 0 bridgehead atoms. The van der Waals surface area contributed by atoms with Gasteiger partial charge in [0.05, 0.1) is 6.61 Å². The lowest BCUT2D eigenvalue weighted by Gasteiger charge is -2.49. The number of esters is 1. The van der Waals surface area contributed by atoms with Gasteiger partial charge >= 0.3 is 18.3 Å². The van der Waals surface area contributed by atoms with Crippen molar-refractivity contribution in [2.24, 2.45) is 5.16 Å². The molecule has 3 N–H and O–H groups in total. The van der Waals surface area contributed by atoms with Crippen LogP contribution in [-0.2, 0) is 33.4 Å². The molecule has 18 heteroatoms. The van der Waals surface area contributed by atoms with E-state index in [-0.39, 0.29) is 40.5 Å². The van der Waals surface area contributed by atoms with E-state index in [0.29, 0.717) is 6.08 Å². The quantitative estimate of drug-likeness (QED) is 0.141. The zero-order chi connectivity index (χ0) is 28.9. The number of thiazole rings is 1. The van der Waals surface area contributed by atoms with E-state index in [1.807, 2.05) is 0 Å². The van der Waals surface area contributed by atoms with E-state index in [9.17, 15) is 32.3 Å². The maximum Gasteiger partial charge on any atom is 0.511 e. The molecular formula is C21H22F3N5O8S2. The van der Waals surface area contributed by atoms with E-state index < -0.39 is 53.5 Å².